The second-order valence-corrected chi connectivity index (χ2v) is 7.27. The molecule has 2 atom stereocenters. The van der Waals surface area contributed by atoms with E-state index in [-0.39, 0.29) is 17.9 Å². The van der Waals surface area contributed by atoms with Crippen LogP contribution >= 0.6 is 0 Å². The Morgan fingerprint density at radius 2 is 1.62 bits per heavy atom. The molecule has 29 heavy (non-hydrogen) atoms. The first-order chi connectivity index (χ1) is 14.0. The van der Waals surface area contributed by atoms with Crippen LogP contribution in [0.2, 0.25) is 0 Å². The van der Waals surface area contributed by atoms with Crippen molar-refractivity contribution in [3.8, 4) is 5.75 Å². The number of ether oxygens (including phenoxy) is 1. The molecule has 0 unspecified atom stereocenters. The Labute approximate surface area is 174 Å². The number of nitrogens with zero attached hydrogens (tertiary/aromatic N) is 1. The van der Waals surface area contributed by atoms with E-state index in [9.17, 15) is 9.59 Å². The zero-order valence-electron chi connectivity index (χ0n) is 17.6. The second-order valence-electron chi connectivity index (χ2n) is 7.27. The lowest BCUT2D eigenvalue weighted by Crippen LogP contribution is -2.49. The van der Waals surface area contributed by atoms with Gasteiger partial charge in [0.05, 0.1) is 6.61 Å². The highest BCUT2D eigenvalue weighted by Crippen LogP contribution is 2.13. The SMILES string of the molecule is CC[C@@H](C)NC(=O)[C@H](C)N(Cc1ccccc1)C(=O)CCCOc1ccccc1. The Morgan fingerprint density at radius 1 is 1.00 bits per heavy atom. The summed E-state index contributed by atoms with van der Waals surface area (Å²) in [6.45, 7) is 6.65. The van der Waals surface area contributed by atoms with Crippen molar-refractivity contribution in [3.05, 3.63) is 66.2 Å². The summed E-state index contributed by atoms with van der Waals surface area (Å²) in [6, 6.07) is 18.9. The van der Waals surface area contributed by atoms with Crippen molar-refractivity contribution < 1.29 is 14.3 Å². The molecule has 5 nitrogen and oxygen atoms in total. The van der Waals surface area contributed by atoms with Crippen LogP contribution in [0.4, 0.5) is 0 Å². The molecule has 0 spiro atoms. The summed E-state index contributed by atoms with van der Waals surface area (Å²) in [5, 5.41) is 2.98. The maximum atomic E-state index is 13.0. The molecule has 0 bridgehead atoms. The van der Waals surface area contributed by atoms with Crippen LogP contribution in [0.15, 0.2) is 60.7 Å². The molecule has 5 heteroatoms. The molecule has 0 saturated carbocycles. The highest BCUT2D eigenvalue weighted by atomic mass is 16.5. The average molecular weight is 397 g/mol. The van der Waals surface area contributed by atoms with Crippen LogP contribution in [0, 0.1) is 0 Å². The van der Waals surface area contributed by atoms with Crippen molar-refractivity contribution in [1.29, 1.82) is 0 Å². The van der Waals surface area contributed by atoms with Crippen molar-refractivity contribution >= 4 is 11.8 Å². The monoisotopic (exact) mass is 396 g/mol. The third-order valence-electron chi connectivity index (χ3n) is 4.91. The molecule has 156 valence electrons. The van der Waals surface area contributed by atoms with Crippen LogP contribution in [0.25, 0.3) is 0 Å². The minimum absolute atomic E-state index is 0.0442. The predicted octanol–water partition coefficient (Wildman–Crippen LogP) is 4.18. The van der Waals surface area contributed by atoms with E-state index in [1.807, 2.05) is 74.5 Å². The number of nitrogens with one attached hydrogen (secondary N) is 1. The molecule has 2 amide bonds. The molecule has 0 aliphatic carbocycles. The number of benzene rings is 2. The van der Waals surface area contributed by atoms with Crippen LogP contribution < -0.4 is 10.1 Å². The van der Waals surface area contributed by atoms with E-state index in [1.165, 1.54) is 0 Å². The summed E-state index contributed by atoms with van der Waals surface area (Å²) >= 11 is 0. The fourth-order valence-corrected chi connectivity index (χ4v) is 2.90. The second kappa shape index (κ2) is 11.9. The molecule has 0 radical (unpaired) electrons. The quantitative estimate of drug-likeness (QED) is 0.580. The first kappa shape index (κ1) is 22.5. The predicted molar refractivity (Wildman–Crippen MR) is 116 cm³/mol. The maximum Gasteiger partial charge on any atom is 0.242 e. The minimum atomic E-state index is -0.535. The smallest absolute Gasteiger partial charge is 0.242 e. The molecule has 0 fully saturated rings. The molecule has 0 saturated heterocycles. The third kappa shape index (κ3) is 7.60. The van der Waals surface area contributed by atoms with Gasteiger partial charge in [0.2, 0.25) is 11.8 Å². The van der Waals surface area contributed by atoms with E-state index in [4.69, 9.17) is 4.74 Å². The highest BCUT2D eigenvalue weighted by molar-refractivity contribution is 5.87. The van der Waals surface area contributed by atoms with E-state index in [2.05, 4.69) is 5.32 Å². The fourth-order valence-electron chi connectivity index (χ4n) is 2.90. The summed E-state index contributed by atoms with van der Waals surface area (Å²) in [7, 11) is 0. The van der Waals surface area contributed by atoms with E-state index < -0.39 is 6.04 Å². The van der Waals surface area contributed by atoms with Crippen LogP contribution in [0.3, 0.4) is 0 Å². The van der Waals surface area contributed by atoms with Crippen LogP contribution in [0.1, 0.15) is 45.6 Å². The zero-order valence-corrected chi connectivity index (χ0v) is 17.6. The van der Waals surface area contributed by atoms with Gasteiger partial charge in [-0.3, -0.25) is 9.59 Å². The van der Waals surface area contributed by atoms with Crippen molar-refractivity contribution in [1.82, 2.24) is 10.2 Å². The Bertz CT molecular complexity index is 749. The molecule has 0 aliphatic heterocycles. The number of para-hydroxylation sites is 1. The van der Waals surface area contributed by atoms with Gasteiger partial charge in [-0.2, -0.15) is 0 Å². The summed E-state index contributed by atoms with van der Waals surface area (Å²) in [6.07, 6.45) is 1.78. The molecule has 0 heterocycles. The topological polar surface area (TPSA) is 58.6 Å². The van der Waals surface area contributed by atoms with E-state index in [0.29, 0.717) is 26.0 Å². The summed E-state index contributed by atoms with van der Waals surface area (Å²) < 4.78 is 5.68. The molecule has 2 rings (SSSR count). The molecule has 1 N–H and O–H groups in total. The molecule has 2 aromatic rings. The van der Waals surface area contributed by atoms with Gasteiger partial charge in [0.1, 0.15) is 11.8 Å². The Hall–Kier alpha value is -2.82. The Morgan fingerprint density at radius 3 is 2.24 bits per heavy atom. The van der Waals surface area contributed by atoms with Gasteiger partial charge >= 0.3 is 0 Å². The van der Waals surface area contributed by atoms with Crippen LogP contribution in [0.5, 0.6) is 5.75 Å². The zero-order chi connectivity index (χ0) is 21.1. The summed E-state index contributed by atoms with van der Waals surface area (Å²) in [4.78, 5) is 27.2. The Kier molecular flexibility index (Phi) is 9.22. The van der Waals surface area contributed by atoms with Gasteiger partial charge in [0, 0.05) is 19.0 Å². The number of carbonyl (C=O) groups is 2. The van der Waals surface area contributed by atoms with E-state index in [1.54, 1.807) is 11.8 Å². The van der Waals surface area contributed by atoms with Gasteiger partial charge in [0.25, 0.3) is 0 Å². The van der Waals surface area contributed by atoms with Gasteiger partial charge < -0.3 is 15.0 Å². The summed E-state index contributed by atoms with van der Waals surface area (Å²) in [5.41, 5.74) is 1.00. The van der Waals surface area contributed by atoms with Crippen molar-refractivity contribution in [2.45, 2.75) is 58.7 Å². The third-order valence-corrected chi connectivity index (χ3v) is 4.91. The van der Waals surface area contributed by atoms with Gasteiger partial charge in [0.15, 0.2) is 0 Å². The molecular weight excluding hydrogens is 364 g/mol. The molecule has 2 aromatic carbocycles. The number of hydrogen-bond acceptors (Lipinski definition) is 3. The van der Waals surface area contributed by atoms with Crippen LogP contribution in [-0.2, 0) is 16.1 Å². The first-order valence-corrected chi connectivity index (χ1v) is 10.3. The molecule has 0 aromatic heterocycles. The number of rotatable bonds is 11. The van der Waals surface area contributed by atoms with Crippen molar-refractivity contribution in [2.75, 3.05) is 6.61 Å². The van der Waals surface area contributed by atoms with Gasteiger partial charge in [-0.15, -0.1) is 0 Å². The number of hydrogen-bond donors (Lipinski definition) is 1. The van der Waals surface area contributed by atoms with Crippen molar-refractivity contribution in [2.24, 2.45) is 0 Å². The van der Waals surface area contributed by atoms with Gasteiger partial charge in [-0.1, -0.05) is 55.5 Å². The fraction of sp³-hybridized carbons (Fsp3) is 0.417. The largest absolute Gasteiger partial charge is 0.494 e. The lowest BCUT2D eigenvalue weighted by molar-refractivity contribution is -0.141. The lowest BCUT2D eigenvalue weighted by atomic mass is 10.1. The lowest BCUT2D eigenvalue weighted by Gasteiger charge is -2.29. The first-order valence-electron chi connectivity index (χ1n) is 10.3. The van der Waals surface area contributed by atoms with E-state index in [0.717, 1.165) is 17.7 Å². The van der Waals surface area contributed by atoms with Gasteiger partial charge in [-0.25, -0.2) is 0 Å². The average Bonchev–Trinajstić information content (AvgIpc) is 2.75. The highest BCUT2D eigenvalue weighted by Gasteiger charge is 2.26. The molecule has 0 aliphatic rings. The van der Waals surface area contributed by atoms with E-state index >= 15 is 0 Å². The minimum Gasteiger partial charge on any atom is -0.494 e. The summed E-state index contributed by atoms with van der Waals surface area (Å²) in [5.74, 6) is 0.629. The van der Waals surface area contributed by atoms with Gasteiger partial charge in [-0.05, 0) is 44.4 Å². The van der Waals surface area contributed by atoms with Crippen LogP contribution in [-0.4, -0.2) is 35.4 Å². The number of carbonyl (C=O) groups excluding carboxylic acids is 2. The Balaban J connectivity index is 1.97. The normalized spacial score (nSPS) is 12.7. The maximum absolute atomic E-state index is 13.0. The number of amides is 2. The molecular formula is C24H32N2O3. The van der Waals surface area contributed by atoms with Crippen molar-refractivity contribution in [3.63, 3.8) is 0 Å². The standard InChI is InChI=1S/C24H32N2O3/c1-4-19(2)25-24(28)20(3)26(18-21-12-7-5-8-13-21)23(27)16-11-17-29-22-14-9-6-10-15-22/h5-10,12-15,19-20H,4,11,16-18H2,1-3H3,(H,25,28)/t19-,20+/m1/s1.